The summed E-state index contributed by atoms with van der Waals surface area (Å²) in [5.41, 5.74) is -0.431. The van der Waals surface area contributed by atoms with Crippen LogP contribution in [0.25, 0.3) is 0 Å². The topological polar surface area (TPSA) is 126 Å². The minimum atomic E-state index is -1.47. The van der Waals surface area contributed by atoms with Gasteiger partial charge in [-0.1, -0.05) is 20.8 Å². The molecule has 2 heterocycles. The smallest absolute Gasteiger partial charge is 0.309 e. The molecule has 0 unspecified atom stereocenters. The molecule has 2 saturated carbocycles. The molecule has 8 nitrogen and oxygen atoms in total. The van der Waals surface area contributed by atoms with Crippen LogP contribution in [0.3, 0.4) is 0 Å². The van der Waals surface area contributed by atoms with Gasteiger partial charge in [0.15, 0.2) is 6.29 Å². The van der Waals surface area contributed by atoms with Crippen molar-refractivity contribution in [3.05, 3.63) is 0 Å². The van der Waals surface area contributed by atoms with Gasteiger partial charge in [0.2, 0.25) is 0 Å². The second-order valence-electron chi connectivity index (χ2n) is 9.74. The highest BCUT2D eigenvalue weighted by Gasteiger charge is 2.63. The van der Waals surface area contributed by atoms with Crippen molar-refractivity contribution >= 4 is 5.97 Å². The summed E-state index contributed by atoms with van der Waals surface area (Å²) in [6, 6.07) is 0. The zero-order valence-corrected chi connectivity index (χ0v) is 17.3. The maximum atomic E-state index is 12.4. The van der Waals surface area contributed by atoms with Crippen molar-refractivity contribution in [2.24, 2.45) is 29.1 Å². The van der Waals surface area contributed by atoms with E-state index in [1.165, 1.54) is 0 Å². The summed E-state index contributed by atoms with van der Waals surface area (Å²) in [5, 5.41) is 40.0. The second kappa shape index (κ2) is 7.73. The first-order valence-corrected chi connectivity index (χ1v) is 10.9. The highest BCUT2D eigenvalue weighted by Crippen LogP contribution is 2.59. The lowest BCUT2D eigenvalue weighted by Gasteiger charge is -2.46. The number of esters is 1. The number of carbonyl (C=O) groups is 1. The Balaban J connectivity index is 1.60. The van der Waals surface area contributed by atoms with E-state index in [2.05, 4.69) is 13.8 Å². The molecular weight excluding hydrogens is 380 g/mol. The molecule has 166 valence electrons. The molecule has 0 aromatic heterocycles. The van der Waals surface area contributed by atoms with Crippen LogP contribution in [-0.4, -0.2) is 75.9 Å². The predicted molar refractivity (Wildman–Crippen MR) is 100 cm³/mol. The number of ether oxygens (including phenoxy) is 3. The van der Waals surface area contributed by atoms with Crippen LogP contribution in [0.2, 0.25) is 0 Å². The number of hydrogen-bond donors (Lipinski definition) is 4. The highest BCUT2D eigenvalue weighted by molar-refractivity contribution is 5.75. The second-order valence-corrected chi connectivity index (χ2v) is 9.74. The first-order valence-electron chi connectivity index (χ1n) is 10.9. The summed E-state index contributed by atoms with van der Waals surface area (Å²) < 4.78 is 17.7. The average molecular weight is 414 g/mol. The first-order chi connectivity index (χ1) is 13.7. The molecule has 29 heavy (non-hydrogen) atoms. The number of aliphatic hydroxyl groups excluding tert-OH is 4. The van der Waals surface area contributed by atoms with Crippen molar-refractivity contribution in [2.45, 2.75) is 89.4 Å². The molecule has 4 N–H and O–H groups in total. The molecule has 0 aromatic rings. The summed E-state index contributed by atoms with van der Waals surface area (Å²) in [6.45, 7) is 5.80. The van der Waals surface area contributed by atoms with Gasteiger partial charge in [-0.15, -0.1) is 0 Å². The molecule has 0 radical (unpaired) electrons. The van der Waals surface area contributed by atoms with Crippen LogP contribution in [0.5, 0.6) is 0 Å². The van der Waals surface area contributed by atoms with Crippen LogP contribution in [0, 0.1) is 29.1 Å². The van der Waals surface area contributed by atoms with Gasteiger partial charge in [0.25, 0.3) is 0 Å². The van der Waals surface area contributed by atoms with Gasteiger partial charge in [0, 0.05) is 11.3 Å². The molecule has 0 spiro atoms. The standard InChI is InChI=1S/C21H34O8/c1-9-4-5-11-10(2)19(26)29-18(11)21(3)12(9)6-7-14(21)28-20-17(25)16(24)15(23)13(8-22)27-20/h9-18,20,22-25H,4-8H2,1-3H3/t9-,10-,11-,12+,13-,14+,15-,16+,17-,18+,20+,21-/m1/s1. The van der Waals surface area contributed by atoms with E-state index in [-0.39, 0.29) is 30.0 Å². The van der Waals surface area contributed by atoms with E-state index in [1.54, 1.807) is 0 Å². The number of hydrogen-bond acceptors (Lipinski definition) is 8. The highest BCUT2D eigenvalue weighted by atomic mass is 16.7. The normalized spacial score (nSPS) is 55.1. The lowest BCUT2D eigenvalue weighted by atomic mass is 9.67. The van der Waals surface area contributed by atoms with Crippen LogP contribution in [0.15, 0.2) is 0 Å². The monoisotopic (exact) mass is 414 g/mol. The van der Waals surface area contributed by atoms with Gasteiger partial charge >= 0.3 is 5.97 Å². The Labute approximate surface area is 171 Å². The molecule has 4 aliphatic rings. The molecule has 4 rings (SSSR count). The molecule has 0 bridgehead atoms. The van der Waals surface area contributed by atoms with Gasteiger partial charge in [-0.05, 0) is 37.5 Å². The molecular formula is C21H34O8. The zero-order valence-electron chi connectivity index (χ0n) is 17.3. The van der Waals surface area contributed by atoms with Crippen molar-refractivity contribution in [1.29, 1.82) is 0 Å². The minimum Gasteiger partial charge on any atom is -0.461 e. The number of rotatable bonds is 3. The average Bonchev–Trinajstić information content (AvgIpc) is 3.14. The fourth-order valence-corrected chi connectivity index (χ4v) is 6.44. The molecule has 2 saturated heterocycles. The SMILES string of the molecule is C[C@@H]1CC[C@@H]2[C@@H](C)C(=O)O[C@@H]2[C@@]2(C)[C@@H](O[C@@H]3O[C@H](CO)[C@@H](O)[C@H](O)[C@H]3O)CC[C@@H]12. The number of carbonyl (C=O) groups excluding carboxylic acids is 1. The number of aliphatic hydroxyl groups is 4. The molecule has 2 aliphatic heterocycles. The molecule has 0 aromatic carbocycles. The Bertz CT molecular complexity index is 626. The third kappa shape index (κ3) is 3.23. The summed E-state index contributed by atoms with van der Waals surface area (Å²) in [6.07, 6.45) is -3.44. The van der Waals surface area contributed by atoms with Gasteiger partial charge < -0.3 is 34.6 Å². The Morgan fingerprint density at radius 1 is 1.07 bits per heavy atom. The maximum Gasteiger partial charge on any atom is 0.309 e. The van der Waals surface area contributed by atoms with E-state index in [0.29, 0.717) is 11.8 Å². The van der Waals surface area contributed by atoms with E-state index in [0.717, 1.165) is 25.7 Å². The van der Waals surface area contributed by atoms with Crippen LogP contribution in [0.4, 0.5) is 0 Å². The van der Waals surface area contributed by atoms with Crippen molar-refractivity contribution in [3.63, 3.8) is 0 Å². The molecule has 4 fully saturated rings. The van der Waals surface area contributed by atoms with E-state index >= 15 is 0 Å². The Morgan fingerprint density at radius 2 is 1.79 bits per heavy atom. The van der Waals surface area contributed by atoms with Crippen molar-refractivity contribution in [2.75, 3.05) is 6.61 Å². The van der Waals surface area contributed by atoms with Gasteiger partial charge in [-0.2, -0.15) is 0 Å². The van der Waals surface area contributed by atoms with Crippen LogP contribution in [-0.2, 0) is 19.0 Å². The summed E-state index contributed by atoms with van der Waals surface area (Å²) >= 11 is 0. The summed E-state index contributed by atoms with van der Waals surface area (Å²) in [7, 11) is 0. The number of fused-ring (bicyclic) bond motifs is 3. The van der Waals surface area contributed by atoms with Crippen molar-refractivity contribution in [3.8, 4) is 0 Å². The fourth-order valence-electron chi connectivity index (χ4n) is 6.44. The zero-order chi connectivity index (χ0) is 21.1. The Kier molecular flexibility index (Phi) is 5.72. The van der Waals surface area contributed by atoms with E-state index in [4.69, 9.17) is 14.2 Å². The summed E-state index contributed by atoms with van der Waals surface area (Å²) in [4.78, 5) is 12.4. The van der Waals surface area contributed by atoms with E-state index in [9.17, 15) is 25.2 Å². The summed E-state index contributed by atoms with van der Waals surface area (Å²) in [5.74, 6) is 0.605. The third-order valence-electron chi connectivity index (χ3n) is 8.28. The molecule has 2 aliphatic carbocycles. The van der Waals surface area contributed by atoms with Crippen LogP contribution < -0.4 is 0 Å². The molecule has 12 atom stereocenters. The van der Waals surface area contributed by atoms with E-state index in [1.807, 2.05) is 6.92 Å². The largest absolute Gasteiger partial charge is 0.461 e. The van der Waals surface area contributed by atoms with Crippen LogP contribution in [0.1, 0.15) is 46.5 Å². The lowest BCUT2D eigenvalue weighted by molar-refractivity contribution is -0.321. The fraction of sp³-hybridized carbons (Fsp3) is 0.952. The Hall–Kier alpha value is -0.770. The molecule has 0 amide bonds. The molecule has 8 heteroatoms. The van der Waals surface area contributed by atoms with Crippen molar-refractivity contribution < 1.29 is 39.4 Å². The first kappa shape index (κ1) is 21.5. The predicted octanol–water partition coefficient (Wildman–Crippen LogP) is 0.195. The quantitative estimate of drug-likeness (QED) is 0.483. The van der Waals surface area contributed by atoms with Crippen molar-refractivity contribution in [1.82, 2.24) is 0 Å². The van der Waals surface area contributed by atoms with Gasteiger partial charge in [0.05, 0.1) is 18.6 Å². The maximum absolute atomic E-state index is 12.4. The van der Waals surface area contributed by atoms with Crippen LogP contribution >= 0.6 is 0 Å². The Morgan fingerprint density at radius 3 is 2.48 bits per heavy atom. The lowest BCUT2D eigenvalue weighted by Crippen LogP contribution is -2.60. The van der Waals surface area contributed by atoms with Gasteiger partial charge in [0.1, 0.15) is 30.5 Å². The third-order valence-corrected chi connectivity index (χ3v) is 8.28. The van der Waals surface area contributed by atoms with E-state index < -0.39 is 42.7 Å². The van der Waals surface area contributed by atoms with Gasteiger partial charge in [-0.3, -0.25) is 4.79 Å². The van der Waals surface area contributed by atoms with Gasteiger partial charge in [-0.25, -0.2) is 0 Å². The minimum absolute atomic E-state index is 0.138.